The first-order chi connectivity index (χ1) is 20.9. The molecule has 0 saturated heterocycles. The van der Waals surface area contributed by atoms with E-state index in [0.29, 0.717) is 23.3 Å². The molecule has 0 aromatic heterocycles. The maximum absolute atomic E-state index is 12.9. The lowest BCUT2D eigenvalue weighted by atomic mass is 9.97. The van der Waals surface area contributed by atoms with Crippen molar-refractivity contribution in [3.63, 3.8) is 0 Å². The van der Waals surface area contributed by atoms with E-state index >= 15 is 0 Å². The molecule has 43 heavy (non-hydrogen) atoms. The van der Waals surface area contributed by atoms with Crippen LogP contribution in [0.4, 0.5) is 0 Å². The number of hydrogen-bond acceptors (Lipinski definition) is 6. The summed E-state index contributed by atoms with van der Waals surface area (Å²) in [5, 5.41) is 3.37. The normalized spacial score (nSPS) is 17.3. The number of carbonyl (C=O) groups excluding carboxylic acids is 2. The molecule has 0 bridgehead atoms. The molecule has 6 heteroatoms. The summed E-state index contributed by atoms with van der Waals surface area (Å²) < 4.78 is 24.1. The first kappa shape index (κ1) is 31.2. The van der Waals surface area contributed by atoms with Gasteiger partial charge < -0.3 is 18.9 Å². The molecule has 2 aliphatic carbocycles. The fourth-order valence-corrected chi connectivity index (χ4v) is 6.98. The highest BCUT2D eigenvalue weighted by atomic mass is 16.6. The Labute approximate surface area is 256 Å². The third-order valence-electron chi connectivity index (χ3n) is 9.49. The van der Waals surface area contributed by atoms with Crippen LogP contribution in [0.15, 0.2) is 42.5 Å². The summed E-state index contributed by atoms with van der Waals surface area (Å²) >= 11 is 0. The molecule has 0 N–H and O–H groups in total. The van der Waals surface area contributed by atoms with E-state index in [-0.39, 0.29) is 37.4 Å². The number of carbonyl (C=O) groups is 2. The van der Waals surface area contributed by atoms with Gasteiger partial charge in [0.1, 0.15) is 23.7 Å². The summed E-state index contributed by atoms with van der Waals surface area (Å²) in [5.41, 5.74) is 1.20. The van der Waals surface area contributed by atoms with Gasteiger partial charge in [-0.05, 0) is 75.8 Å². The van der Waals surface area contributed by atoms with Crippen LogP contribution in [-0.4, -0.2) is 37.4 Å². The predicted molar refractivity (Wildman–Crippen MR) is 171 cm³/mol. The van der Waals surface area contributed by atoms with Crippen LogP contribution in [0, 0.1) is 11.8 Å². The van der Waals surface area contributed by atoms with Gasteiger partial charge in [0.05, 0.1) is 0 Å². The van der Waals surface area contributed by atoms with Crippen LogP contribution in [0.5, 0.6) is 11.5 Å². The van der Waals surface area contributed by atoms with E-state index in [4.69, 9.17) is 18.9 Å². The molecule has 2 aliphatic rings. The number of fused-ring (bicyclic) bond motifs is 2. The SMILES string of the molecule is CCCCCc1ccc2c(OCC(=O)OC(C)C3CCCC3)c3ccccc3c(OCC(=O)OC(C)C3CCCC3)c2c1. The predicted octanol–water partition coefficient (Wildman–Crippen LogP) is 8.73. The van der Waals surface area contributed by atoms with E-state index in [1.54, 1.807) is 0 Å². The van der Waals surface area contributed by atoms with E-state index in [9.17, 15) is 9.59 Å². The maximum Gasteiger partial charge on any atom is 0.344 e. The number of benzene rings is 3. The quantitative estimate of drug-likeness (QED) is 0.107. The molecule has 2 saturated carbocycles. The van der Waals surface area contributed by atoms with E-state index < -0.39 is 0 Å². The highest BCUT2D eigenvalue weighted by Crippen LogP contribution is 2.43. The van der Waals surface area contributed by atoms with Crippen LogP contribution in [0.25, 0.3) is 21.5 Å². The minimum Gasteiger partial charge on any atom is -0.481 e. The number of hydrogen-bond donors (Lipinski definition) is 0. The highest BCUT2D eigenvalue weighted by Gasteiger charge is 2.26. The second-order valence-electron chi connectivity index (χ2n) is 12.6. The lowest BCUT2D eigenvalue weighted by Crippen LogP contribution is -2.26. The smallest absolute Gasteiger partial charge is 0.344 e. The third kappa shape index (κ3) is 7.82. The minimum atomic E-state index is -0.354. The molecule has 232 valence electrons. The van der Waals surface area contributed by atoms with Gasteiger partial charge in [-0.3, -0.25) is 0 Å². The third-order valence-corrected chi connectivity index (χ3v) is 9.49. The van der Waals surface area contributed by atoms with Crippen molar-refractivity contribution in [3.05, 3.63) is 48.0 Å². The van der Waals surface area contributed by atoms with Crippen molar-refractivity contribution < 1.29 is 28.5 Å². The standard InChI is InChI=1S/C37H48O6/c1-4-5-6-13-27-20-21-32-33(22-27)37(41-24-35(39)43-26(3)29-16-9-10-17-29)31-19-12-11-18-30(31)36(32)40-23-34(38)42-25(2)28-14-7-8-15-28/h11-12,18-22,25-26,28-29H,4-10,13-17,23-24H2,1-3H3. The molecule has 3 aromatic carbocycles. The van der Waals surface area contributed by atoms with Crippen molar-refractivity contribution in [1.82, 2.24) is 0 Å². The number of esters is 2. The molecular formula is C37H48O6. The molecule has 3 aromatic rings. The largest absolute Gasteiger partial charge is 0.481 e. The summed E-state index contributed by atoms with van der Waals surface area (Å²) in [7, 11) is 0. The van der Waals surface area contributed by atoms with Gasteiger partial charge in [-0.15, -0.1) is 0 Å². The summed E-state index contributed by atoms with van der Waals surface area (Å²) in [6.45, 7) is 5.85. The fraction of sp³-hybridized carbons (Fsp3) is 0.568. The Morgan fingerprint density at radius 1 is 0.698 bits per heavy atom. The Kier molecular flexibility index (Phi) is 10.8. The van der Waals surface area contributed by atoms with Crippen LogP contribution < -0.4 is 9.47 Å². The zero-order valence-electron chi connectivity index (χ0n) is 26.2. The Morgan fingerprint density at radius 3 is 1.70 bits per heavy atom. The molecule has 0 amide bonds. The molecule has 6 nitrogen and oxygen atoms in total. The molecule has 5 rings (SSSR count). The molecular weight excluding hydrogens is 540 g/mol. The van der Waals surface area contributed by atoms with Crippen LogP contribution >= 0.6 is 0 Å². The Hall–Kier alpha value is -3.28. The Balaban J connectivity index is 1.41. The van der Waals surface area contributed by atoms with Crippen LogP contribution in [0.2, 0.25) is 0 Å². The van der Waals surface area contributed by atoms with Gasteiger partial charge in [0.15, 0.2) is 13.2 Å². The molecule has 0 heterocycles. The Morgan fingerprint density at radius 2 is 1.19 bits per heavy atom. The molecule has 2 atom stereocenters. The summed E-state index contributed by atoms with van der Waals surface area (Å²) in [6.07, 6.45) is 13.4. The fourth-order valence-electron chi connectivity index (χ4n) is 6.98. The maximum atomic E-state index is 12.9. The van der Waals surface area contributed by atoms with Crippen molar-refractivity contribution in [3.8, 4) is 11.5 Å². The van der Waals surface area contributed by atoms with Crippen molar-refractivity contribution in [2.45, 2.75) is 110 Å². The lowest BCUT2D eigenvalue weighted by molar-refractivity contribution is -0.154. The Bertz CT molecular complexity index is 1380. The lowest BCUT2D eigenvalue weighted by Gasteiger charge is -2.21. The molecule has 2 unspecified atom stereocenters. The zero-order valence-corrected chi connectivity index (χ0v) is 26.2. The molecule has 0 aliphatic heterocycles. The monoisotopic (exact) mass is 588 g/mol. The molecule has 0 spiro atoms. The van der Waals surface area contributed by atoms with Crippen LogP contribution in [0.1, 0.15) is 97.0 Å². The van der Waals surface area contributed by atoms with Gasteiger partial charge in [-0.1, -0.05) is 81.8 Å². The number of rotatable bonds is 14. The number of ether oxygens (including phenoxy) is 4. The van der Waals surface area contributed by atoms with E-state index in [2.05, 4.69) is 25.1 Å². The van der Waals surface area contributed by atoms with Gasteiger partial charge in [0.25, 0.3) is 0 Å². The van der Waals surface area contributed by atoms with Gasteiger partial charge in [-0.2, -0.15) is 0 Å². The van der Waals surface area contributed by atoms with Gasteiger partial charge >= 0.3 is 11.9 Å². The first-order valence-electron chi connectivity index (χ1n) is 16.6. The average Bonchev–Trinajstić information content (AvgIpc) is 3.74. The second-order valence-corrected chi connectivity index (χ2v) is 12.6. The molecule has 2 fully saturated rings. The minimum absolute atomic E-state index is 0.107. The molecule has 0 radical (unpaired) electrons. The second kappa shape index (κ2) is 14.9. The van der Waals surface area contributed by atoms with Gasteiger partial charge in [0.2, 0.25) is 0 Å². The number of aryl methyl sites for hydroxylation is 1. The van der Waals surface area contributed by atoms with Gasteiger partial charge in [-0.25, -0.2) is 9.59 Å². The average molecular weight is 589 g/mol. The highest BCUT2D eigenvalue weighted by molar-refractivity contribution is 6.11. The summed E-state index contributed by atoms with van der Waals surface area (Å²) in [6, 6.07) is 14.2. The van der Waals surface area contributed by atoms with E-state index in [1.807, 2.05) is 38.1 Å². The van der Waals surface area contributed by atoms with Crippen LogP contribution in [-0.2, 0) is 25.5 Å². The van der Waals surface area contributed by atoms with E-state index in [1.165, 1.54) is 37.7 Å². The zero-order chi connectivity index (χ0) is 30.2. The number of unbranched alkanes of at least 4 members (excludes halogenated alkanes) is 2. The van der Waals surface area contributed by atoms with Crippen molar-refractivity contribution in [1.29, 1.82) is 0 Å². The van der Waals surface area contributed by atoms with Crippen molar-refractivity contribution >= 4 is 33.5 Å². The van der Waals surface area contributed by atoms with Crippen LogP contribution in [0.3, 0.4) is 0 Å². The summed E-state index contributed by atoms with van der Waals surface area (Å²) in [5.74, 6) is 1.42. The topological polar surface area (TPSA) is 71.1 Å². The first-order valence-corrected chi connectivity index (χ1v) is 16.6. The van der Waals surface area contributed by atoms with Crippen molar-refractivity contribution in [2.75, 3.05) is 13.2 Å². The summed E-state index contributed by atoms with van der Waals surface area (Å²) in [4.78, 5) is 25.8. The van der Waals surface area contributed by atoms with E-state index in [0.717, 1.165) is 66.5 Å². The van der Waals surface area contributed by atoms with Gasteiger partial charge in [0, 0.05) is 21.5 Å². The van der Waals surface area contributed by atoms with Crippen molar-refractivity contribution in [2.24, 2.45) is 11.8 Å².